The number of hydrogen-bond donors (Lipinski definition) is 2. The summed E-state index contributed by atoms with van der Waals surface area (Å²) >= 11 is 0. The fraction of sp³-hybridized carbons (Fsp3) is 0.444. The van der Waals surface area contributed by atoms with E-state index in [-0.39, 0.29) is 37.2 Å². The molecule has 0 aliphatic carbocycles. The molecule has 2 aromatic rings. The van der Waals surface area contributed by atoms with Crippen molar-refractivity contribution in [2.45, 2.75) is 32.2 Å². The standard InChI is InChI=1S/C16H22F2N4O3S.C2H2/c1-3-5-22(26(2,24)25)9-11-7-15(18)13(8-14(11)17)12(4-6-23)16-19-10-20-21-16;1-2/h7-8,10,12,23H,3-6,9H2,1-2H3,(H,19,20,21);1-2H/t12-;/m1./s1. The van der Waals surface area contributed by atoms with Crippen molar-refractivity contribution in [2.24, 2.45) is 0 Å². The van der Waals surface area contributed by atoms with Gasteiger partial charge in [0.1, 0.15) is 23.8 Å². The van der Waals surface area contributed by atoms with Gasteiger partial charge in [-0.3, -0.25) is 5.10 Å². The van der Waals surface area contributed by atoms with Crippen LogP contribution < -0.4 is 0 Å². The number of aliphatic hydroxyl groups is 1. The highest BCUT2D eigenvalue weighted by molar-refractivity contribution is 7.88. The predicted molar refractivity (Wildman–Crippen MR) is 102 cm³/mol. The van der Waals surface area contributed by atoms with Crippen LogP contribution in [0, 0.1) is 24.5 Å². The molecule has 0 spiro atoms. The maximum Gasteiger partial charge on any atom is 0.211 e. The van der Waals surface area contributed by atoms with E-state index in [1.807, 2.05) is 0 Å². The average molecular weight is 414 g/mol. The SMILES string of the molecule is C#C.CCCN(Cc1cc(F)c([C@@H](CCO)c2ncn[nH]2)cc1F)S(C)(=O)=O. The topological polar surface area (TPSA) is 99.2 Å². The first kappa shape index (κ1) is 23.7. The zero-order valence-corrected chi connectivity index (χ0v) is 16.6. The second kappa shape index (κ2) is 10.8. The van der Waals surface area contributed by atoms with Crippen LogP contribution in [0.1, 0.15) is 42.6 Å². The summed E-state index contributed by atoms with van der Waals surface area (Å²) in [5.74, 6) is -1.78. The number of sulfonamides is 1. The molecule has 1 atom stereocenters. The Kier molecular flexibility index (Phi) is 9.18. The number of benzene rings is 1. The van der Waals surface area contributed by atoms with Crippen LogP contribution >= 0.6 is 0 Å². The second-order valence-corrected chi connectivity index (χ2v) is 7.98. The number of nitrogens with one attached hydrogen (secondary N) is 1. The van der Waals surface area contributed by atoms with Crippen LogP contribution in [0.15, 0.2) is 18.5 Å². The predicted octanol–water partition coefficient (Wildman–Crippen LogP) is 2.02. The molecule has 1 aromatic heterocycles. The Hall–Kier alpha value is -2.35. The summed E-state index contributed by atoms with van der Waals surface area (Å²) in [6, 6.07) is 2.03. The van der Waals surface area contributed by atoms with Gasteiger partial charge in [0.15, 0.2) is 0 Å². The van der Waals surface area contributed by atoms with Crippen molar-refractivity contribution >= 4 is 10.0 Å². The summed E-state index contributed by atoms with van der Waals surface area (Å²) in [6.07, 6.45) is 11.0. The number of hydrogen-bond acceptors (Lipinski definition) is 5. The number of aromatic nitrogens is 3. The van der Waals surface area contributed by atoms with Gasteiger partial charge in [0.2, 0.25) is 10.0 Å². The first-order chi connectivity index (χ1) is 13.3. The fourth-order valence-corrected chi connectivity index (χ4v) is 3.63. The maximum absolute atomic E-state index is 14.6. The Morgan fingerprint density at radius 3 is 2.46 bits per heavy atom. The molecular weight excluding hydrogens is 390 g/mol. The Balaban J connectivity index is 0.00000190. The lowest BCUT2D eigenvalue weighted by molar-refractivity contribution is 0.279. The highest BCUT2D eigenvalue weighted by Crippen LogP contribution is 2.29. The molecule has 0 unspecified atom stereocenters. The Labute approximate surface area is 163 Å². The van der Waals surface area contributed by atoms with E-state index in [9.17, 15) is 22.3 Å². The van der Waals surface area contributed by atoms with Crippen LogP contribution in [-0.4, -0.2) is 52.4 Å². The average Bonchev–Trinajstić information content (AvgIpc) is 3.17. The molecule has 0 fully saturated rings. The second-order valence-electron chi connectivity index (χ2n) is 6.00. The van der Waals surface area contributed by atoms with Gasteiger partial charge in [0.25, 0.3) is 0 Å². The number of nitrogens with zero attached hydrogens (tertiary/aromatic N) is 3. The molecule has 0 radical (unpaired) electrons. The lowest BCUT2D eigenvalue weighted by Crippen LogP contribution is -2.30. The van der Waals surface area contributed by atoms with Gasteiger partial charge in [0.05, 0.1) is 6.26 Å². The molecule has 2 rings (SSSR count). The molecule has 0 saturated heterocycles. The molecule has 7 nitrogen and oxygen atoms in total. The zero-order chi connectivity index (χ0) is 21.3. The third-order valence-corrected chi connectivity index (χ3v) is 5.26. The monoisotopic (exact) mass is 414 g/mol. The first-order valence-electron chi connectivity index (χ1n) is 8.50. The molecule has 0 amide bonds. The fourth-order valence-electron chi connectivity index (χ4n) is 2.74. The van der Waals surface area contributed by atoms with Gasteiger partial charge in [-0.25, -0.2) is 22.2 Å². The molecule has 0 bridgehead atoms. The van der Waals surface area contributed by atoms with Crippen LogP contribution in [0.3, 0.4) is 0 Å². The van der Waals surface area contributed by atoms with E-state index in [0.29, 0.717) is 12.2 Å². The van der Waals surface area contributed by atoms with Crippen molar-refractivity contribution in [3.63, 3.8) is 0 Å². The Bertz CT molecular complexity index is 870. The van der Waals surface area contributed by atoms with Gasteiger partial charge in [-0.1, -0.05) is 6.92 Å². The van der Waals surface area contributed by atoms with Crippen molar-refractivity contribution in [3.05, 3.63) is 47.0 Å². The number of aromatic amines is 1. The molecule has 154 valence electrons. The van der Waals surface area contributed by atoms with E-state index in [2.05, 4.69) is 28.0 Å². The number of rotatable bonds is 9. The summed E-state index contributed by atoms with van der Waals surface area (Å²) in [6.45, 7) is 1.52. The summed E-state index contributed by atoms with van der Waals surface area (Å²) in [7, 11) is -3.54. The van der Waals surface area contributed by atoms with E-state index < -0.39 is 27.6 Å². The summed E-state index contributed by atoms with van der Waals surface area (Å²) in [5, 5.41) is 15.5. The van der Waals surface area contributed by atoms with E-state index in [0.717, 1.165) is 22.7 Å². The molecule has 0 saturated carbocycles. The number of aliphatic hydroxyl groups excluding tert-OH is 1. The third kappa shape index (κ3) is 6.09. The van der Waals surface area contributed by atoms with Crippen molar-refractivity contribution < 1.29 is 22.3 Å². The Morgan fingerprint density at radius 2 is 1.96 bits per heavy atom. The smallest absolute Gasteiger partial charge is 0.211 e. The molecule has 10 heteroatoms. The van der Waals surface area contributed by atoms with Gasteiger partial charge in [-0.15, -0.1) is 12.8 Å². The molecule has 2 N–H and O–H groups in total. The zero-order valence-electron chi connectivity index (χ0n) is 15.8. The summed E-state index contributed by atoms with van der Waals surface area (Å²) < 4.78 is 53.9. The molecule has 1 aromatic carbocycles. The minimum atomic E-state index is -3.54. The summed E-state index contributed by atoms with van der Waals surface area (Å²) in [5.41, 5.74) is -0.0242. The van der Waals surface area contributed by atoms with E-state index in [4.69, 9.17) is 0 Å². The molecular formula is C18H24F2N4O3S. The quantitative estimate of drug-likeness (QED) is 0.612. The number of H-pyrrole nitrogens is 1. The minimum absolute atomic E-state index is 0.0263. The van der Waals surface area contributed by atoms with Gasteiger partial charge >= 0.3 is 0 Å². The van der Waals surface area contributed by atoms with Gasteiger partial charge in [-0.2, -0.15) is 9.40 Å². The van der Waals surface area contributed by atoms with E-state index >= 15 is 0 Å². The molecule has 28 heavy (non-hydrogen) atoms. The lowest BCUT2D eigenvalue weighted by atomic mass is 9.93. The summed E-state index contributed by atoms with van der Waals surface area (Å²) in [4.78, 5) is 3.96. The number of halogens is 2. The Morgan fingerprint density at radius 1 is 1.29 bits per heavy atom. The first-order valence-corrected chi connectivity index (χ1v) is 10.3. The minimum Gasteiger partial charge on any atom is -0.396 e. The van der Waals surface area contributed by atoms with E-state index in [1.165, 1.54) is 6.33 Å². The van der Waals surface area contributed by atoms with Crippen LogP contribution in [-0.2, 0) is 16.6 Å². The van der Waals surface area contributed by atoms with Crippen LogP contribution in [0.4, 0.5) is 8.78 Å². The highest BCUT2D eigenvalue weighted by atomic mass is 32.2. The van der Waals surface area contributed by atoms with Gasteiger partial charge in [0, 0.05) is 36.7 Å². The van der Waals surface area contributed by atoms with Crippen molar-refractivity contribution in [1.82, 2.24) is 19.5 Å². The molecule has 0 aliphatic rings. The van der Waals surface area contributed by atoms with Crippen LogP contribution in [0.5, 0.6) is 0 Å². The van der Waals surface area contributed by atoms with Gasteiger partial charge in [-0.05, 0) is 25.0 Å². The van der Waals surface area contributed by atoms with Crippen molar-refractivity contribution in [3.8, 4) is 12.8 Å². The number of terminal acetylenes is 1. The third-order valence-electron chi connectivity index (χ3n) is 4.01. The van der Waals surface area contributed by atoms with Crippen LogP contribution in [0.2, 0.25) is 0 Å². The van der Waals surface area contributed by atoms with Crippen molar-refractivity contribution in [2.75, 3.05) is 19.4 Å². The van der Waals surface area contributed by atoms with Crippen molar-refractivity contribution in [1.29, 1.82) is 0 Å². The van der Waals surface area contributed by atoms with Gasteiger partial charge < -0.3 is 5.11 Å². The molecule has 0 aliphatic heterocycles. The largest absolute Gasteiger partial charge is 0.396 e. The highest BCUT2D eigenvalue weighted by Gasteiger charge is 2.24. The maximum atomic E-state index is 14.6. The van der Waals surface area contributed by atoms with E-state index in [1.54, 1.807) is 6.92 Å². The van der Waals surface area contributed by atoms with Crippen LogP contribution in [0.25, 0.3) is 0 Å². The normalized spacial score (nSPS) is 12.4. The lowest BCUT2D eigenvalue weighted by Gasteiger charge is -2.21. The molecule has 1 heterocycles.